The van der Waals surface area contributed by atoms with Crippen LogP contribution in [-0.4, -0.2) is 59.7 Å². The summed E-state index contributed by atoms with van der Waals surface area (Å²) in [5.74, 6) is 0.953. The first-order valence-corrected chi connectivity index (χ1v) is 13.6. The van der Waals surface area contributed by atoms with Gasteiger partial charge in [-0.05, 0) is 62.1 Å². The molecule has 0 saturated heterocycles. The fourth-order valence-corrected chi connectivity index (χ4v) is 5.63. The molecule has 3 rings (SSSR count). The number of methoxy groups -OCH3 is 1. The number of carbonyl (C=O) groups excluding carboxylic acids is 1. The largest absolute Gasteiger partial charge is 0.495 e. The smallest absolute Gasteiger partial charge is 0.271 e. The first-order chi connectivity index (χ1) is 15.7. The van der Waals surface area contributed by atoms with Crippen molar-refractivity contribution in [2.24, 2.45) is 5.41 Å². The summed E-state index contributed by atoms with van der Waals surface area (Å²) in [6.45, 7) is 8.43. The Labute approximate surface area is 202 Å². The van der Waals surface area contributed by atoms with E-state index < -0.39 is 20.7 Å². The number of carbonyl (C=O) groups is 1. The molecule has 34 heavy (non-hydrogen) atoms. The average molecular weight is 492 g/mol. The van der Waals surface area contributed by atoms with Gasteiger partial charge in [-0.3, -0.25) is 9.36 Å². The number of hydrogen-bond acceptors (Lipinski definition) is 6. The van der Waals surface area contributed by atoms with Crippen molar-refractivity contribution in [3.05, 3.63) is 41.5 Å². The zero-order valence-corrected chi connectivity index (χ0v) is 21.8. The van der Waals surface area contributed by atoms with Crippen LogP contribution in [0.5, 0.6) is 5.75 Å². The lowest BCUT2D eigenvalue weighted by atomic mass is 9.84. The van der Waals surface area contributed by atoms with Crippen LogP contribution < -0.4 is 10.1 Å². The second kappa shape index (κ2) is 9.70. The third kappa shape index (κ3) is 6.39. The summed E-state index contributed by atoms with van der Waals surface area (Å²) < 4.78 is 31.0. The van der Waals surface area contributed by atoms with Crippen molar-refractivity contribution in [2.45, 2.75) is 70.7 Å². The Morgan fingerprint density at radius 3 is 2.50 bits per heavy atom. The molecule has 8 nitrogen and oxygen atoms in total. The van der Waals surface area contributed by atoms with E-state index in [0.717, 1.165) is 12.1 Å². The Kier molecular flexibility index (Phi) is 7.48. The van der Waals surface area contributed by atoms with E-state index in [1.807, 2.05) is 23.6 Å². The molecule has 1 aromatic heterocycles. The molecular formula is C25H37N3O5S. The summed E-state index contributed by atoms with van der Waals surface area (Å²) in [6.07, 6.45) is 5.25. The van der Waals surface area contributed by atoms with Crippen LogP contribution in [0.1, 0.15) is 68.3 Å². The van der Waals surface area contributed by atoms with Crippen molar-refractivity contribution in [3.63, 3.8) is 0 Å². The molecule has 1 aliphatic rings. The number of aromatic nitrogens is 2. The number of aliphatic hydroxyl groups is 1. The van der Waals surface area contributed by atoms with E-state index in [2.05, 4.69) is 37.1 Å². The van der Waals surface area contributed by atoms with Crippen LogP contribution in [0.15, 0.2) is 24.4 Å². The zero-order chi connectivity index (χ0) is 25.3. The first-order valence-electron chi connectivity index (χ1n) is 11.6. The monoisotopic (exact) mass is 491 g/mol. The molecule has 1 fully saturated rings. The fourth-order valence-electron chi connectivity index (χ4n) is 4.54. The van der Waals surface area contributed by atoms with E-state index in [-0.39, 0.29) is 23.6 Å². The Hall–Kier alpha value is -2.39. The van der Waals surface area contributed by atoms with E-state index in [1.54, 1.807) is 13.3 Å². The van der Waals surface area contributed by atoms with Crippen LogP contribution in [0.2, 0.25) is 0 Å². The maximum absolute atomic E-state index is 12.8. The molecule has 2 N–H and O–H groups in total. The van der Waals surface area contributed by atoms with Crippen molar-refractivity contribution < 1.29 is 23.1 Å². The normalized spacial score (nSPS) is 21.3. The lowest BCUT2D eigenvalue weighted by Crippen LogP contribution is -2.47. The first kappa shape index (κ1) is 26.2. The minimum absolute atomic E-state index is 0.0546. The molecule has 1 amide bonds. The lowest BCUT2D eigenvalue weighted by molar-refractivity contribution is 0.00607. The Bertz CT molecular complexity index is 1140. The summed E-state index contributed by atoms with van der Waals surface area (Å²) in [5, 5.41) is 13.2. The number of nitrogens with zero attached hydrogens (tertiary/aromatic N) is 2. The highest BCUT2D eigenvalue weighted by atomic mass is 32.2. The summed E-state index contributed by atoms with van der Waals surface area (Å²) in [7, 11) is -1.49. The maximum Gasteiger partial charge on any atom is 0.271 e. The van der Waals surface area contributed by atoms with Crippen LogP contribution in [-0.2, 0) is 16.3 Å². The van der Waals surface area contributed by atoms with Gasteiger partial charge in [0, 0.05) is 19.0 Å². The summed E-state index contributed by atoms with van der Waals surface area (Å²) in [6, 6.07) is 6.05. The van der Waals surface area contributed by atoms with Gasteiger partial charge in [0.2, 0.25) is 0 Å². The molecule has 0 bridgehead atoms. The highest BCUT2D eigenvalue weighted by Gasteiger charge is 2.37. The Morgan fingerprint density at radius 2 is 1.94 bits per heavy atom. The van der Waals surface area contributed by atoms with Crippen LogP contribution in [0, 0.1) is 12.3 Å². The minimum atomic E-state index is -3.12. The average Bonchev–Trinajstić information content (AvgIpc) is 3.12. The number of sulfone groups is 1. The minimum Gasteiger partial charge on any atom is -0.495 e. The molecule has 0 unspecified atom stereocenters. The molecule has 1 saturated carbocycles. The number of ether oxygens (including phenoxy) is 1. The topological polar surface area (TPSA) is 111 Å². The second-order valence-corrected chi connectivity index (χ2v) is 13.0. The highest BCUT2D eigenvalue weighted by Crippen LogP contribution is 2.32. The number of amides is 1. The van der Waals surface area contributed by atoms with Crippen LogP contribution in [0.3, 0.4) is 0 Å². The molecule has 1 heterocycles. The maximum atomic E-state index is 12.8. The third-order valence-electron chi connectivity index (χ3n) is 6.40. The van der Waals surface area contributed by atoms with Gasteiger partial charge in [0.15, 0.2) is 0 Å². The molecule has 2 aromatic rings. The Morgan fingerprint density at radius 1 is 1.29 bits per heavy atom. The predicted molar refractivity (Wildman–Crippen MR) is 132 cm³/mol. The molecule has 0 atom stereocenters. The van der Waals surface area contributed by atoms with Gasteiger partial charge < -0.3 is 15.2 Å². The number of rotatable bonds is 7. The van der Waals surface area contributed by atoms with E-state index in [0.29, 0.717) is 37.3 Å². The standard InChI is InChI=1S/C25H37N3O5S/c1-17-27-20(23(29)26-16-25(30)11-9-19(10-12-25)34(6,31)32)15-28(17)21-8-7-18(13-22(21)33-5)14-24(2,3)4/h7-8,13,15,19,30H,9-12,14,16H2,1-6H3,(H,26,29). The zero-order valence-electron chi connectivity index (χ0n) is 21.0. The van der Waals surface area contributed by atoms with Gasteiger partial charge >= 0.3 is 0 Å². The van der Waals surface area contributed by atoms with Gasteiger partial charge in [0.25, 0.3) is 5.91 Å². The second-order valence-electron chi connectivity index (χ2n) is 10.7. The molecule has 9 heteroatoms. The number of imidazole rings is 1. The van der Waals surface area contributed by atoms with E-state index in [4.69, 9.17) is 4.74 Å². The van der Waals surface area contributed by atoms with Crippen molar-refractivity contribution in [1.29, 1.82) is 0 Å². The molecule has 0 aliphatic heterocycles. The van der Waals surface area contributed by atoms with Crippen LogP contribution in [0.25, 0.3) is 5.69 Å². The third-order valence-corrected chi connectivity index (χ3v) is 8.08. The molecule has 1 aromatic carbocycles. The number of hydrogen-bond donors (Lipinski definition) is 2. The number of benzene rings is 1. The lowest BCUT2D eigenvalue weighted by Gasteiger charge is -2.35. The summed E-state index contributed by atoms with van der Waals surface area (Å²) in [5.41, 5.74) is 1.24. The van der Waals surface area contributed by atoms with E-state index in [1.165, 1.54) is 11.8 Å². The van der Waals surface area contributed by atoms with Crippen molar-refractivity contribution >= 4 is 15.7 Å². The van der Waals surface area contributed by atoms with Crippen LogP contribution >= 0.6 is 0 Å². The summed E-state index contributed by atoms with van der Waals surface area (Å²) >= 11 is 0. The molecule has 1 aliphatic carbocycles. The highest BCUT2D eigenvalue weighted by molar-refractivity contribution is 7.91. The van der Waals surface area contributed by atoms with Gasteiger partial charge in [-0.25, -0.2) is 13.4 Å². The SMILES string of the molecule is COc1cc(CC(C)(C)C)ccc1-n1cc(C(=O)NCC2(O)CCC(S(C)(=O)=O)CC2)nc1C. The van der Waals surface area contributed by atoms with E-state index >= 15 is 0 Å². The summed E-state index contributed by atoms with van der Waals surface area (Å²) in [4.78, 5) is 17.2. The quantitative estimate of drug-likeness (QED) is 0.615. The number of nitrogens with one attached hydrogen (secondary N) is 1. The van der Waals surface area contributed by atoms with Crippen molar-refractivity contribution in [3.8, 4) is 11.4 Å². The number of aryl methyl sites for hydroxylation is 1. The van der Waals surface area contributed by atoms with Gasteiger partial charge in [-0.2, -0.15) is 0 Å². The Balaban J connectivity index is 1.71. The molecule has 188 valence electrons. The predicted octanol–water partition coefficient (Wildman–Crippen LogP) is 3.23. The molecular weight excluding hydrogens is 454 g/mol. The fraction of sp³-hybridized carbons (Fsp3) is 0.600. The van der Waals surface area contributed by atoms with Gasteiger partial charge in [0.1, 0.15) is 27.1 Å². The van der Waals surface area contributed by atoms with Crippen molar-refractivity contribution in [2.75, 3.05) is 19.9 Å². The van der Waals surface area contributed by atoms with Crippen molar-refractivity contribution in [1.82, 2.24) is 14.9 Å². The van der Waals surface area contributed by atoms with Gasteiger partial charge in [0.05, 0.1) is 23.6 Å². The van der Waals surface area contributed by atoms with Gasteiger partial charge in [-0.1, -0.05) is 26.8 Å². The molecule has 0 spiro atoms. The van der Waals surface area contributed by atoms with Crippen LogP contribution in [0.4, 0.5) is 0 Å². The molecule has 0 radical (unpaired) electrons. The van der Waals surface area contributed by atoms with E-state index in [9.17, 15) is 18.3 Å². The van der Waals surface area contributed by atoms with Gasteiger partial charge in [-0.15, -0.1) is 0 Å².